The van der Waals surface area contributed by atoms with Crippen molar-refractivity contribution >= 4 is 17.3 Å². The van der Waals surface area contributed by atoms with Crippen molar-refractivity contribution in [1.82, 2.24) is 9.80 Å². The molecule has 1 aliphatic rings. The average Bonchev–Trinajstić information content (AvgIpc) is 2.38. The second-order valence-electron chi connectivity index (χ2n) is 4.75. The van der Waals surface area contributed by atoms with E-state index in [1.807, 2.05) is 4.90 Å². The zero-order chi connectivity index (χ0) is 13.4. The molecule has 1 rings (SSSR count). The number of aliphatic hydroxyl groups is 2. The molecule has 4 N–H and O–H groups in total. The van der Waals surface area contributed by atoms with Gasteiger partial charge in [0.25, 0.3) is 0 Å². The molecule has 0 bridgehead atoms. The third kappa shape index (κ3) is 5.06. The quantitative estimate of drug-likeness (QED) is 0.440. The minimum atomic E-state index is 0.189. The van der Waals surface area contributed by atoms with E-state index in [9.17, 15) is 0 Å². The summed E-state index contributed by atoms with van der Waals surface area (Å²) in [5.41, 5.74) is 5.62. The highest BCUT2D eigenvalue weighted by Gasteiger charge is 2.24. The summed E-state index contributed by atoms with van der Waals surface area (Å²) < 4.78 is 0. The molecule has 0 saturated carbocycles. The largest absolute Gasteiger partial charge is 0.396 e. The molecule has 1 heterocycles. The van der Waals surface area contributed by atoms with Gasteiger partial charge in [-0.3, -0.25) is 4.90 Å². The van der Waals surface area contributed by atoms with Crippen LogP contribution in [0.2, 0.25) is 0 Å². The summed E-state index contributed by atoms with van der Waals surface area (Å²) >= 11 is 4.98. The third-order valence-electron chi connectivity index (χ3n) is 3.53. The summed E-state index contributed by atoms with van der Waals surface area (Å²) in [7, 11) is 0. The first-order valence-corrected chi connectivity index (χ1v) is 7.10. The van der Waals surface area contributed by atoms with Gasteiger partial charge in [0.2, 0.25) is 0 Å². The van der Waals surface area contributed by atoms with E-state index in [1.165, 1.54) is 0 Å². The van der Waals surface area contributed by atoms with Gasteiger partial charge >= 0.3 is 0 Å². The van der Waals surface area contributed by atoms with E-state index in [-0.39, 0.29) is 13.2 Å². The van der Waals surface area contributed by atoms with Gasteiger partial charge in [-0.2, -0.15) is 0 Å². The molecule has 18 heavy (non-hydrogen) atoms. The smallest absolute Gasteiger partial charge is 0.166 e. The number of hydrogen-bond donors (Lipinski definition) is 3. The molecule has 0 aromatic rings. The van der Waals surface area contributed by atoms with Gasteiger partial charge in [-0.25, -0.2) is 0 Å². The topological polar surface area (TPSA) is 73.0 Å². The maximum absolute atomic E-state index is 9.12. The first kappa shape index (κ1) is 15.6. The highest BCUT2D eigenvalue weighted by Crippen LogP contribution is 2.16. The molecule has 106 valence electrons. The van der Waals surface area contributed by atoms with Crippen molar-refractivity contribution in [2.24, 2.45) is 5.73 Å². The van der Waals surface area contributed by atoms with Crippen molar-refractivity contribution in [1.29, 1.82) is 0 Å². The lowest BCUT2D eigenvalue weighted by Crippen LogP contribution is -2.49. The second-order valence-corrected chi connectivity index (χ2v) is 5.17. The molecule has 0 amide bonds. The van der Waals surface area contributed by atoms with E-state index in [0.717, 1.165) is 45.3 Å². The summed E-state index contributed by atoms with van der Waals surface area (Å²) in [4.78, 5) is 4.36. The molecule has 0 radical (unpaired) electrons. The van der Waals surface area contributed by atoms with E-state index in [1.54, 1.807) is 0 Å². The molecular weight excluding hydrogens is 250 g/mol. The van der Waals surface area contributed by atoms with E-state index in [0.29, 0.717) is 17.7 Å². The first-order chi connectivity index (χ1) is 8.69. The van der Waals surface area contributed by atoms with Gasteiger partial charge in [-0.15, -0.1) is 0 Å². The Balaban J connectivity index is 2.37. The van der Waals surface area contributed by atoms with Gasteiger partial charge in [0, 0.05) is 32.3 Å². The third-order valence-corrected chi connectivity index (χ3v) is 3.79. The number of rotatable bonds is 7. The van der Waals surface area contributed by atoms with Gasteiger partial charge in [0.15, 0.2) is 5.11 Å². The van der Waals surface area contributed by atoms with Gasteiger partial charge in [-0.1, -0.05) is 0 Å². The molecule has 5 nitrogen and oxygen atoms in total. The van der Waals surface area contributed by atoms with Crippen molar-refractivity contribution < 1.29 is 10.2 Å². The number of hydrogen-bond acceptors (Lipinski definition) is 4. The van der Waals surface area contributed by atoms with E-state index >= 15 is 0 Å². The second kappa shape index (κ2) is 8.63. The number of aliphatic hydroxyl groups excluding tert-OH is 2. The van der Waals surface area contributed by atoms with Crippen molar-refractivity contribution in [3.05, 3.63) is 0 Å². The van der Waals surface area contributed by atoms with E-state index in [2.05, 4.69) is 4.90 Å². The summed E-state index contributed by atoms with van der Waals surface area (Å²) in [6.45, 7) is 3.90. The van der Waals surface area contributed by atoms with Crippen molar-refractivity contribution in [2.45, 2.75) is 31.7 Å². The van der Waals surface area contributed by atoms with Crippen LogP contribution >= 0.6 is 12.2 Å². The number of unbranched alkanes of at least 4 members (excludes halogenated alkanes) is 1. The highest BCUT2D eigenvalue weighted by molar-refractivity contribution is 7.80. The monoisotopic (exact) mass is 275 g/mol. The van der Waals surface area contributed by atoms with Crippen molar-refractivity contribution in [3.63, 3.8) is 0 Å². The fraction of sp³-hybridized carbons (Fsp3) is 0.917. The average molecular weight is 275 g/mol. The van der Waals surface area contributed by atoms with Gasteiger partial charge < -0.3 is 20.8 Å². The Morgan fingerprint density at radius 3 is 2.33 bits per heavy atom. The van der Waals surface area contributed by atoms with Crippen LogP contribution < -0.4 is 5.73 Å². The van der Waals surface area contributed by atoms with Gasteiger partial charge in [0.1, 0.15) is 0 Å². The Hall–Kier alpha value is -0.430. The molecule has 6 heteroatoms. The lowest BCUT2D eigenvalue weighted by molar-refractivity contribution is 0.107. The van der Waals surface area contributed by atoms with Gasteiger partial charge in [-0.05, 0) is 44.4 Å². The summed E-state index contributed by atoms with van der Waals surface area (Å²) in [5, 5.41) is 18.4. The number of piperidine rings is 1. The van der Waals surface area contributed by atoms with Crippen LogP contribution in [0, 0.1) is 0 Å². The molecular formula is C12H25N3O2S. The molecule has 0 atom stereocenters. The maximum Gasteiger partial charge on any atom is 0.166 e. The van der Waals surface area contributed by atoms with Crippen LogP contribution in [0.4, 0.5) is 0 Å². The van der Waals surface area contributed by atoms with Crippen LogP contribution in [0.15, 0.2) is 0 Å². The minimum Gasteiger partial charge on any atom is -0.396 e. The van der Waals surface area contributed by atoms with Crippen molar-refractivity contribution in [3.8, 4) is 0 Å². The number of thiocarbonyl (C=S) groups is 1. The molecule has 0 spiro atoms. The molecule has 0 aromatic carbocycles. The molecule has 0 aromatic heterocycles. The SMILES string of the molecule is NC(=S)N1CCC(N(CCO)CCCCO)CC1. The van der Waals surface area contributed by atoms with Crippen LogP contribution in [-0.2, 0) is 0 Å². The Morgan fingerprint density at radius 1 is 1.17 bits per heavy atom. The Morgan fingerprint density at radius 2 is 1.83 bits per heavy atom. The summed E-state index contributed by atoms with van der Waals surface area (Å²) in [5.74, 6) is 0. The fourth-order valence-electron chi connectivity index (χ4n) is 2.48. The standard InChI is InChI=1S/C12H25N3O2S/c13-12(18)15-6-3-11(4-7-15)14(8-10-17)5-1-2-9-16/h11,16-17H,1-10H2,(H2,13,18). The van der Waals surface area contributed by atoms with Crippen LogP contribution in [-0.4, -0.2) is 70.6 Å². The lowest BCUT2D eigenvalue weighted by atomic mass is 10.0. The fourth-order valence-corrected chi connectivity index (χ4v) is 2.67. The molecule has 1 fully saturated rings. The highest BCUT2D eigenvalue weighted by atomic mass is 32.1. The van der Waals surface area contributed by atoms with Gasteiger partial charge in [0.05, 0.1) is 6.61 Å². The van der Waals surface area contributed by atoms with Crippen LogP contribution in [0.3, 0.4) is 0 Å². The van der Waals surface area contributed by atoms with Crippen LogP contribution in [0.1, 0.15) is 25.7 Å². The summed E-state index contributed by atoms with van der Waals surface area (Å²) in [6.07, 6.45) is 3.88. The number of nitrogens with zero attached hydrogens (tertiary/aromatic N) is 2. The Bertz CT molecular complexity index is 245. The molecule has 0 unspecified atom stereocenters. The normalized spacial score (nSPS) is 17.4. The number of nitrogens with two attached hydrogens (primary N) is 1. The number of likely N-dealkylation sites (tertiary alicyclic amines) is 1. The molecule has 1 saturated heterocycles. The van der Waals surface area contributed by atoms with Crippen LogP contribution in [0.25, 0.3) is 0 Å². The van der Waals surface area contributed by atoms with Crippen LogP contribution in [0.5, 0.6) is 0 Å². The predicted octanol–water partition coefficient (Wildman–Crippen LogP) is -0.239. The van der Waals surface area contributed by atoms with Crippen molar-refractivity contribution in [2.75, 3.05) is 39.4 Å². The minimum absolute atomic E-state index is 0.189. The maximum atomic E-state index is 9.12. The summed E-state index contributed by atoms with van der Waals surface area (Å²) in [6, 6.07) is 0.501. The van der Waals surface area contributed by atoms with E-state index in [4.69, 9.17) is 28.2 Å². The molecule has 0 aliphatic carbocycles. The Kier molecular flexibility index (Phi) is 7.50. The lowest BCUT2D eigenvalue weighted by Gasteiger charge is -2.38. The van der Waals surface area contributed by atoms with E-state index < -0.39 is 0 Å². The Labute approximate surface area is 115 Å². The zero-order valence-corrected chi connectivity index (χ0v) is 11.7. The first-order valence-electron chi connectivity index (χ1n) is 6.69. The molecule has 1 aliphatic heterocycles. The zero-order valence-electron chi connectivity index (χ0n) is 10.9. The predicted molar refractivity (Wildman–Crippen MR) is 76.4 cm³/mol.